The minimum absolute atomic E-state index is 0.0284. The van der Waals surface area contributed by atoms with E-state index in [1.165, 1.54) is 0 Å². The molecule has 0 aliphatic rings. The van der Waals surface area contributed by atoms with E-state index in [1.807, 2.05) is 43.3 Å². The number of nitrogens with zero attached hydrogens (tertiary/aromatic N) is 2. The molecule has 3 rings (SSSR count). The van der Waals surface area contributed by atoms with Crippen molar-refractivity contribution in [2.75, 3.05) is 0 Å². The summed E-state index contributed by atoms with van der Waals surface area (Å²) < 4.78 is 1.64. The van der Waals surface area contributed by atoms with Crippen molar-refractivity contribution >= 4 is 16.6 Å². The van der Waals surface area contributed by atoms with Crippen molar-refractivity contribution in [2.24, 2.45) is 0 Å². The van der Waals surface area contributed by atoms with Crippen molar-refractivity contribution in [2.45, 2.75) is 6.92 Å². The standard InChI is InChI=1S/C13H10N2O/c1-9-8-13(16)15-11-5-3-2-4-10(11)6-7-12(15)14-9/h2-8H,1H3. The molecular formula is C13H10N2O. The highest BCUT2D eigenvalue weighted by Gasteiger charge is 2.02. The molecule has 0 radical (unpaired) electrons. The van der Waals surface area contributed by atoms with Crippen LogP contribution in [-0.4, -0.2) is 9.38 Å². The Morgan fingerprint density at radius 2 is 1.94 bits per heavy atom. The van der Waals surface area contributed by atoms with E-state index in [4.69, 9.17) is 0 Å². The molecule has 2 aromatic heterocycles. The molecule has 0 amide bonds. The highest BCUT2D eigenvalue weighted by molar-refractivity contribution is 5.81. The summed E-state index contributed by atoms with van der Waals surface area (Å²) in [5.74, 6) is 0. The van der Waals surface area contributed by atoms with Crippen molar-refractivity contribution in [3.8, 4) is 0 Å². The summed E-state index contributed by atoms with van der Waals surface area (Å²) >= 11 is 0. The van der Waals surface area contributed by atoms with E-state index in [1.54, 1.807) is 10.5 Å². The molecule has 0 spiro atoms. The molecule has 78 valence electrons. The summed E-state index contributed by atoms with van der Waals surface area (Å²) in [6.07, 6.45) is 0. The van der Waals surface area contributed by atoms with Crippen LogP contribution in [0.1, 0.15) is 5.69 Å². The van der Waals surface area contributed by atoms with Gasteiger partial charge in [-0.3, -0.25) is 9.20 Å². The molecule has 0 bridgehead atoms. The molecule has 0 saturated heterocycles. The molecule has 1 aromatic carbocycles. The lowest BCUT2D eigenvalue weighted by Gasteiger charge is -2.05. The molecule has 0 aliphatic heterocycles. The molecule has 0 N–H and O–H groups in total. The Labute approximate surface area is 92.0 Å². The number of hydrogen-bond donors (Lipinski definition) is 0. The summed E-state index contributed by atoms with van der Waals surface area (Å²) in [5, 5.41) is 1.04. The minimum atomic E-state index is -0.0284. The molecule has 0 atom stereocenters. The van der Waals surface area contributed by atoms with Gasteiger partial charge in [0.25, 0.3) is 5.56 Å². The smallest absolute Gasteiger partial charge is 0.258 e. The number of hydrogen-bond acceptors (Lipinski definition) is 2. The van der Waals surface area contributed by atoms with Crippen LogP contribution < -0.4 is 5.56 Å². The van der Waals surface area contributed by atoms with E-state index in [0.717, 1.165) is 16.6 Å². The Morgan fingerprint density at radius 1 is 1.12 bits per heavy atom. The Balaban J connectivity index is 2.65. The van der Waals surface area contributed by atoms with Crippen LogP contribution in [0.5, 0.6) is 0 Å². The molecule has 3 aromatic rings. The average Bonchev–Trinajstić information content (AvgIpc) is 2.28. The van der Waals surface area contributed by atoms with Crippen molar-refractivity contribution in [1.29, 1.82) is 0 Å². The topological polar surface area (TPSA) is 34.4 Å². The van der Waals surface area contributed by atoms with Gasteiger partial charge in [-0.2, -0.15) is 0 Å². The Morgan fingerprint density at radius 3 is 2.81 bits per heavy atom. The zero-order valence-electron chi connectivity index (χ0n) is 8.84. The molecule has 0 unspecified atom stereocenters. The largest absolute Gasteiger partial charge is 0.269 e. The number of benzene rings is 1. The van der Waals surface area contributed by atoms with Gasteiger partial charge in [0.05, 0.1) is 5.52 Å². The van der Waals surface area contributed by atoms with E-state index in [9.17, 15) is 4.79 Å². The number of pyridine rings is 1. The van der Waals surface area contributed by atoms with Crippen LogP contribution in [0.4, 0.5) is 0 Å². The van der Waals surface area contributed by atoms with Crippen molar-refractivity contribution in [3.63, 3.8) is 0 Å². The van der Waals surface area contributed by atoms with E-state index in [-0.39, 0.29) is 5.56 Å². The number of rotatable bonds is 0. The molecule has 0 fully saturated rings. The van der Waals surface area contributed by atoms with Crippen LogP contribution in [0.25, 0.3) is 16.6 Å². The lowest BCUT2D eigenvalue weighted by Crippen LogP contribution is -2.15. The first-order chi connectivity index (χ1) is 7.75. The zero-order valence-corrected chi connectivity index (χ0v) is 8.84. The van der Waals surface area contributed by atoms with Gasteiger partial charge >= 0.3 is 0 Å². The maximum absolute atomic E-state index is 11.9. The second kappa shape index (κ2) is 3.17. The molecule has 3 heteroatoms. The predicted octanol–water partition coefficient (Wildman–Crippen LogP) is 2.16. The molecule has 3 nitrogen and oxygen atoms in total. The average molecular weight is 210 g/mol. The maximum atomic E-state index is 11.9. The quantitative estimate of drug-likeness (QED) is 0.533. The molecule has 0 aliphatic carbocycles. The minimum Gasteiger partial charge on any atom is -0.269 e. The predicted molar refractivity (Wildman–Crippen MR) is 63.7 cm³/mol. The summed E-state index contributed by atoms with van der Waals surface area (Å²) in [4.78, 5) is 16.3. The van der Waals surface area contributed by atoms with E-state index in [2.05, 4.69) is 4.98 Å². The SMILES string of the molecule is Cc1cc(=O)n2c(ccc3ccccc32)n1. The van der Waals surface area contributed by atoms with Crippen LogP contribution in [0.2, 0.25) is 0 Å². The van der Waals surface area contributed by atoms with Crippen LogP contribution in [0.15, 0.2) is 47.3 Å². The lowest BCUT2D eigenvalue weighted by atomic mass is 10.2. The number of para-hydroxylation sites is 1. The summed E-state index contributed by atoms with van der Waals surface area (Å²) in [7, 11) is 0. The first-order valence-electron chi connectivity index (χ1n) is 5.14. The van der Waals surface area contributed by atoms with Crippen LogP contribution in [-0.2, 0) is 0 Å². The van der Waals surface area contributed by atoms with Gasteiger partial charge in [0.15, 0.2) is 0 Å². The number of aromatic nitrogens is 2. The highest BCUT2D eigenvalue weighted by atomic mass is 16.1. The normalized spacial score (nSPS) is 11.1. The van der Waals surface area contributed by atoms with Gasteiger partial charge in [0, 0.05) is 11.8 Å². The van der Waals surface area contributed by atoms with Crippen molar-refractivity contribution < 1.29 is 0 Å². The molecule has 16 heavy (non-hydrogen) atoms. The van der Waals surface area contributed by atoms with Gasteiger partial charge in [-0.1, -0.05) is 18.2 Å². The van der Waals surface area contributed by atoms with Gasteiger partial charge < -0.3 is 0 Å². The van der Waals surface area contributed by atoms with Crippen LogP contribution in [0, 0.1) is 6.92 Å². The Hall–Kier alpha value is -2.16. The van der Waals surface area contributed by atoms with Gasteiger partial charge in [-0.25, -0.2) is 4.98 Å². The van der Waals surface area contributed by atoms with Crippen LogP contribution in [0.3, 0.4) is 0 Å². The van der Waals surface area contributed by atoms with Gasteiger partial charge in [-0.15, -0.1) is 0 Å². The fourth-order valence-electron chi connectivity index (χ4n) is 1.97. The van der Waals surface area contributed by atoms with Crippen molar-refractivity contribution in [1.82, 2.24) is 9.38 Å². The first-order valence-corrected chi connectivity index (χ1v) is 5.14. The molecular weight excluding hydrogens is 200 g/mol. The summed E-state index contributed by atoms with van der Waals surface area (Å²) in [6, 6.07) is 13.2. The van der Waals surface area contributed by atoms with E-state index >= 15 is 0 Å². The van der Waals surface area contributed by atoms with E-state index in [0.29, 0.717) is 5.65 Å². The first kappa shape index (κ1) is 9.09. The fraction of sp³-hybridized carbons (Fsp3) is 0.0769. The summed E-state index contributed by atoms with van der Waals surface area (Å²) in [5.41, 5.74) is 2.32. The molecule has 0 saturated carbocycles. The second-order valence-corrected chi connectivity index (χ2v) is 3.82. The van der Waals surface area contributed by atoms with Gasteiger partial charge in [0.1, 0.15) is 5.65 Å². The fourth-order valence-corrected chi connectivity index (χ4v) is 1.97. The van der Waals surface area contributed by atoms with Gasteiger partial charge in [-0.05, 0) is 30.5 Å². The monoisotopic (exact) mass is 210 g/mol. The second-order valence-electron chi connectivity index (χ2n) is 3.82. The third-order valence-corrected chi connectivity index (χ3v) is 2.66. The lowest BCUT2D eigenvalue weighted by molar-refractivity contribution is 1.05. The summed E-state index contributed by atoms with van der Waals surface area (Å²) in [6.45, 7) is 1.83. The van der Waals surface area contributed by atoms with Crippen LogP contribution >= 0.6 is 0 Å². The Bertz CT molecular complexity index is 744. The number of fused-ring (bicyclic) bond motifs is 3. The third kappa shape index (κ3) is 1.21. The highest BCUT2D eigenvalue weighted by Crippen LogP contribution is 2.13. The third-order valence-electron chi connectivity index (χ3n) is 2.66. The Kier molecular flexibility index (Phi) is 1.80. The van der Waals surface area contributed by atoms with Gasteiger partial charge in [0.2, 0.25) is 0 Å². The molecule has 2 heterocycles. The van der Waals surface area contributed by atoms with Crippen molar-refractivity contribution in [3.05, 3.63) is 58.5 Å². The number of aryl methyl sites for hydroxylation is 1. The van der Waals surface area contributed by atoms with E-state index < -0.39 is 0 Å². The maximum Gasteiger partial charge on any atom is 0.258 e. The zero-order chi connectivity index (χ0) is 11.1.